The molecule has 2 rings (SSSR count). The average Bonchev–Trinajstić information content (AvgIpc) is 2.53. The number of hydrogen-bond acceptors (Lipinski definition) is 3. The first-order valence-electron chi connectivity index (χ1n) is 8.26. The quantitative estimate of drug-likeness (QED) is 0.826. The van der Waals surface area contributed by atoms with Gasteiger partial charge >= 0.3 is 11.8 Å². The smallest absolute Gasteiger partial charge is 0.312 e. The minimum atomic E-state index is -0.584. The van der Waals surface area contributed by atoms with E-state index in [2.05, 4.69) is 5.32 Å². The molecule has 1 heterocycles. The summed E-state index contributed by atoms with van der Waals surface area (Å²) in [5, 5.41) is 2.60. The van der Waals surface area contributed by atoms with Crippen molar-refractivity contribution >= 4 is 17.7 Å². The lowest BCUT2D eigenvalue weighted by atomic mass is 10.0. The molecule has 1 aliphatic heterocycles. The molecule has 0 radical (unpaired) electrons. The SMILES string of the molecule is Cc1ccc(C(=O)N2CCN(C(=O)C(=O)NC(C)C)CC2)c(C)c1. The summed E-state index contributed by atoms with van der Waals surface area (Å²) in [5.41, 5.74) is 2.77. The summed E-state index contributed by atoms with van der Waals surface area (Å²) in [6.45, 7) is 9.17. The Kier molecular flexibility index (Phi) is 5.59. The zero-order valence-electron chi connectivity index (χ0n) is 14.8. The van der Waals surface area contributed by atoms with Gasteiger partial charge in [-0.25, -0.2) is 0 Å². The molecule has 0 aliphatic carbocycles. The van der Waals surface area contributed by atoms with Crippen LogP contribution >= 0.6 is 0 Å². The van der Waals surface area contributed by atoms with Gasteiger partial charge in [0.05, 0.1) is 0 Å². The van der Waals surface area contributed by atoms with Gasteiger partial charge < -0.3 is 15.1 Å². The number of aryl methyl sites for hydroxylation is 2. The molecule has 1 fully saturated rings. The third-order valence-electron chi connectivity index (χ3n) is 4.08. The summed E-state index contributed by atoms with van der Waals surface area (Å²) < 4.78 is 0. The molecule has 0 bridgehead atoms. The van der Waals surface area contributed by atoms with Gasteiger partial charge in [-0.3, -0.25) is 14.4 Å². The lowest BCUT2D eigenvalue weighted by molar-refractivity contribution is -0.147. The zero-order chi connectivity index (χ0) is 17.9. The van der Waals surface area contributed by atoms with Crippen LogP contribution in [-0.4, -0.2) is 59.7 Å². The lowest BCUT2D eigenvalue weighted by Crippen LogP contribution is -2.54. The summed E-state index contributed by atoms with van der Waals surface area (Å²) in [5.74, 6) is -1.13. The number of amides is 3. The van der Waals surface area contributed by atoms with Crippen LogP contribution in [0.15, 0.2) is 18.2 Å². The molecular weight excluding hydrogens is 306 g/mol. The number of hydrogen-bond donors (Lipinski definition) is 1. The molecule has 0 aromatic heterocycles. The third kappa shape index (κ3) is 4.13. The first kappa shape index (κ1) is 18.0. The molecule has 6 heteroatoms. The lowest BCUT2D eigenvalue weighted by Gasteiger charge is -2.34. The van der Waals surface area contributed by atoms with E-state index >= 15 is 0 Å². The van der Waals surface area contributed by atoms with Crippen LogP contribution < -0.4 is 5.32 Å². The van der Waals surface area contributed by atoms with Crippen LogP contribution in [0.2, 0.25) is 0 Å². The van der Waals surface area contributed by atoms with Gasteiger partial charge in [0.2, 0.25) is 0 Å². The van der Waals surface area contributed by atoms with Gasteiger partial charge in [0.25, 0.3) is 5.91 Å². The van der Waals surface area contributed by atoms with E-state index in [1.165, 1.54) is 4.90 Å². The summed E-state index contributed by atoms with van der Waals surface area (Å²) >= 11 is 0. The highest BCUT2D eigenvalue weighted by atomic mass is 16.2. The normalized spacial score (nSPS) is 14.7. The Morgan fingerprint density at radius 1 is 1.00 bits per heavy atom. The molecule has 0 saturated carbocycles. The summed E-state index contributed by atoms with van der Waals surface area (Å²) in [7, 11) is 0. The Hall–Kier alpha value is -2.37. The summed E-state index contributed by atoms with van der Waals surface area (Å²) in [6.07, 6.45) is 0. The number of carbonyl (C=O) groups excluding carboxylic acids is 3. The Bertz CT molecular complexity index is 647. The predicted octanol–water partition coefficient (Wildman–Crippen LogP) is 1.11. The second-order valence-electron chi connectivity index (χ2n) is 6.53. The maximum atomic E-state index is 12.6. The van der Waals surface area contributed by atoms with Gasteiger partial charge in [0.15, 0.2) is 0 Å². The van der Waals surface area contributed by atoms with Crippen LogP contribution in [0, 0.1) is 13.8 Å². The van der Waals surface area contributed by atoms with Crippen molar-refractivity contribution in [2.24, 2.45) is 0 Å². The van der Waals surface area contributed by atoms with Gasteiger partial charge in [-0.2, -0.15) is 0 Å². The maximum absolute atomic E-state index is 12.6. The first-order chi connectivity index (χ1) is 11.3. The van der Waals surface area contributed by atoms with E-state index in [0.29, 0.717) is 31.7 Å². The van der Waals surface area contributed by atoms with Gasteiger partial charge in [0.1, 0.15) is 0 Å². The number of benzene rings is 1. The van der Waals surface area contributed by atoms with E-state index in [1.807, 2.05) is 45.9 Å². The van der Waals surface area contributed by atoms with Gasteiger partial charge in [0, 0.05) is 37.8 Å². The van der Waals surface area contributed by atoms with Crippen molar-refractivity contribution in [1.82, 2.24) is 15.1 Å². The second kappa shape index (κ2) is 7.47. The van der Waals surface area contributed by atoms with E-state index in [1.54, 1.807) is 4.90 Å². The highest BCUT2D eigenvalue weighted by Gasteiger charge is 2.28. The van der Waals surface area contributed by atoms with Crippen molar-refractivity contribution in [1.29, 1.82) is 0 Å². The van der Waals surface area contributed by atoms with Crippen molar-refractivity contribution in [3.8, 4) is 0 Å². The fraction of sp³-hybridized carbons (Fsp3) is 0.500. The highest BCUT2D eigenvalue weighted by Crippen LogP contribution is 2.15. The largest absolute Gasteiger partial charge is 0.346 e. The average molecular weight is 331 g/mol. The second-order valence-corrected chi connectivity index (χ2v) is 6.53. The van der Waals surface area contributed by atoms with Crippen molar-refractivity contribution in [2.45, 2.75) is 33.7 Å². The summed E-state index contributed by atoms with van der Waals surface area (Å²) in [4.78, 5) is 39.7. The van der Waals surface area contributed by atoms with Gasteiger partial charge in [-0.1, -0.05) is 17.7 Å². The zero-order valence-corrected chi connectivity index (χ0v) is 14.8. The molecule has 1 saturated heterocycles. The van der Waals surface area contributed by atoms with Crippen LogP contribution in [0.5, 0.6) is 0 Å². The number of nitrogens with one attached hydrogen (secondary N) is 1. The Labute approximate surface area is 142 Å². The molecule has 1 aromatic rings. The fourth-order valence-electron chi connectivity index (χ4n) is 2.80. The number of rotatable bonds is 2. The van der Waals surface area contributed by atoms with E-state index < -0.39 is 11.8 Å². The highest BCUT2D eigenvalue weighted by molar-refractivity contribution is 6.35. The van der Waals surface area contributed by atoms with Crippen molar-refractivity contribution in [2.75, 3.05) is 26.2 Å². The van der Waals surface area contributed by atoms with Crippen molar-refractivity contribution in [3.05, 3.63) is 34.9 Å². The van der Waals surface area contributed by atoms with Crippen LogP contribution in [0.3, 0.4) is 0 Å². The Balaban J connectivity index is 1.96. The van der Waals surface area contributed by atoms with Crippen molar-refractivity contribution in [3.63, 3.8) is 0 Å². The molecule has 24 heavy (non-hydrogen) atoms. The predicted molar refractivity (Wildman–Crippen MR) is 91.7 cm³/mol. The standard InChI is InChI=1S/C18H25N3O3/c1-12(2)19-16(22)18(24)21-9-7-20(8-10-21)17(23)15-6-5-13(3)11-14(15)4/h5-6,11-12H,7-10H2,1-4H3,(H,19,22). The van der Waals surface area contributed by atoms with Crippen LogP contribution in [-0.2, 0) is 9.59 Å². The third-order valence-corrected chi connectivity index (χ3v) is 4.08. The van der Waals surface area contributed by atoms with Crippen LogP contribution in [0.25, 0.3) is 0 Å². The topological polar surface area (TPSA) is 69.7 Å². The summed E-state index contributed by atoms with van der Waals surface area (Å²) in [6, 6.07) is 5.69. The molecule has 6 nitrogen and oxygen atoms in total. The maximum Gasteiger partial charge on any atom is 0.312 e. The van der Waals surface area contributed by atoms with E-state index in [9.17, 15) is 14.4 Å². The van der Waals surface area contributed by atoms with E-state index in [0.717, 1.165) is 11.1 Å². The number of nitrogens with zero attached hydrogens (tertiary/aromatic N) is 2. The molecule has 0 unspecified atom stereocenters. The van der Waals surface area contributed by atoms with Crippen molar-refractivity contribution < 1.29 is 14.4 Å². The number of piperazine rings is 1. The molecule has 0 atom stereocenters. The van der Waals surface area contributed by atoms with E-state index in [4.69, 9.17) is 0 Å². The first-order valence-corrected chi connectivity index (χ1v) is 8.26. The number of carbonyl (C=O) groups is 3. The molecule has 130 valence electrons. The molecule has 0 spiro atoms. The van der Waals surface area contributed by atoms with Crippen LogP contribution in [0.1, 0.15) is 35.3 Å². The minimum absolute atomic E-state index is 0.0220. The van der Waals surface area contributed by atoms with Gasteiger partial charge in [-0.15, -0.1) is 0 Å². The molecule has 1 N–H and O–H groups in total. The minimum Gasteiger partial charge on any atom is -0.346 e. The van der Waals surface area contributed by atoms with Crippen LogP contribution in [0.4, 0.5) is 0 Å². The fourth-order valence-corrected chi connectivity index (χ4v) is 2.80. The molecule has 1 aliphatic rings. The molecule has 3 amide bonds. The monoisotopic (exact) mass is 331 g/mol. The molecular formula is C18H25N3O3. The Morgan fingerprint density at radius 3 is 2.12 bits per heavy atom. The van der Waals surface area contributed by atoms with E-state index in [-0.39, 0.29) is 11.9 Å². The molecule has 1 aromatic carbocycles. The van der Waals surface area contributed by atoms with Gasteiger partial charge in [-0.05, 0) is 39.3 Å². The Morgan fingerprint density at radius 2 is 1.58 bits per heavy atom.